The topological polar surface area (TPSA) is 149 Å². The van der Waals surface area contributed by atoms with Crippen LogP contribution < -0.4 is 26.6 Å². The van der Waals surface area contributed by atoms with E-state index in [4.69, 9.17) is 4.84 Å². The van der Waals surface area contributed by atoms with Crippen molar-refractivity contribution in [2.75, 3.05) is 10.6 Å². The Hall–Kier alpha value is -8.12. The van der Waals surface area contributed by atoms with Gasteiger partial charge in [0.15, 0.2) is 11.3 Å². The van der Waals surface area contributed by atoms with Gasteiger partial charge in [-0.1, -0.05) is 140 Å². The van der Waals surface area contributed by atoms with Crippen molar-refractivity contribution in [1.29, 1.82) is 0 Å². The third kappa shape index (κ3) is 8.97. The molecular weight excluding hydrogens is 741 g/mol. The smallest absolute Gasteiger partial charge is 0.287 e. The zero-order valence-corrected chi connectivity index (χ0v) is 31.7. The number of benzene rings is 5. The van der Waals surface area contributed by atoms with Crippen LogP contribution in [0.2, 0.25) is 0 Å². The van der Waals surface area contributed by atoms with Crippen molar-refractivity contribution in [1.82, 2.24) is 29.4 Å². The zero-order valence-electron chi connectivity index (χ0n) is 31.7. The maximum atomic E-state index is 12.8. The molecule has 0 bridgehead atoms. The van der Waals surface area contributed by atoms with Crippen molar-refractivity contribution in [2.24, 2.45) is 0 Å². The summed E-state index contributed by atoms with van der Waals surface area (Å²) < 4.78 is 1.75. The number of pyridine rings is 2. The van der Waals surface area contributed by atoms with Crippen LogP contribution in [0.5, 0.6) is 0 Å². The first-order valence-corrected chi connectivity index (χ1v) is 18.8. The van der Waals surface area contributed by atoms with Crippen molar-refractivity contribution in [3.8, 4) is 22.3 Å². The van der Waals surface area contributed by atoms with E-state index in [9.17, 15) is 14.8 Å². The van der Waals surface area contributed by atoms with Crippen LogP contribution in [0.15, 0.2) is 186 Å². The molecule has 0 radical (unpaired) electrons. The fourth-order valence-corrected chi connectivity index (χ4v) is 6.50. The molecule has 0 aliphatic heterocycles. The van der Waals surface area contributed by atoms with E-state index in [1.165, 1.54) is 40.6 Å². The molecular formula is C47H38N8O4. The highest BCUT2D eigenvalue weighted by Crippen LogP contribution is 2.24. The highest BCUT2D eigenvalue weighted by Gasteiger charge is 2.13. The number of fused-ring (bicyclic) bond motifs is 2. The molecule has 0 atom stereocenters. The summed E-state index contributed by atoms with van der Waals surface area (Å²) in [5.74, 6) is 0. The molecule has 0 saturated heterocycles. The fourth-order valence-electron chi connectivity index (χ4n) is 6.50. The summed E-state index contributed by atoms with van der Waals surface area (Å²) in [5.41, 5.74) is 8.82. The maximum absolute atomic E-state index is 12.8. The van der Waals surface area contributed by atoms with Gasteiger partial charge in [-0.2, -0.15) is 0 Å². The fraction of sp³-hybridized carbons (Fsp3) is 0.0638. The van der Waals surface area contributed by atoms with E-state index >= 15 is 0 Å². The summed E-state index contributed by atoms with van der Waals surface area (Å²) in [7, 11) is 0. The molecule has 0 aliphatic rings. The van der Waals surface area contributed by atoms with Gasteiger partial charge in [-0.25, -0.2) is 19.9 Å². The Morgan fingerprint density at radius 1 is 0.508 bits per heavy atom. The molecule has 0 spiro atoms. The lowest BCUT2D eigenvalue weighted by molar-refractivity contribution is 0.0980. The van der Waals surface area contributed by atoms with E-state index < -0.39 is 5.56 Å². The summed E-state index contributed by atoms with van der Waals surface area (Å²) in [4.78, 5) is 46.9. The number of anilines is 2. The lowest BCUT2D eigenvalue weighted by atomic mass is 10.0. The molecule has 0 aliphatic carbocycles. The Morgan fingerprint density at radius 2 is 0.949 bits per heavy atom. The second-order valence-corrected chi connectivity index (χ2v) is 13.5. The standard InChI is InChI=1S/C27H22N4O2.C20H16N4O2/c32-26-15-25(29-16-20-11-13-23(14-12-20)22-9-5-2-6-10-22)24-17-28-19-30-27(24)31(26)33-18-21-7-3-1-4-8-21;25-19-10-18(17-12-21-13-23-20(17)24(19)26)22-11-14-6-8-16(9-7-14)15-4-2-1-3-5-15/h1-15,17,19,29H,16,18H2;1-10,12-13,22,26H,11H2. The van der Waals surface area contributed by atoms with Gasteiger partial charge in [-0.3, -0.25) is 9.59 Å². The second kappa shape index (κ2) is 17.8. The van der Waals surface area contributed by atoms with Crippen LogP contribution in [0.3, 0.4) is 0 Å². The molecule has 4 heterocycles. The van der Waals surface area contributed by atoms with Gasteiger partial charge in [0, 0.05) is 37.6 Å². The molecule has 3 N–H and O–H groups in total. The molecule has 4 aromatic heterocycles. The quantitative estimate of drug-likeness (QED) is 0.110. The summed E-state index contributed by atoms with van der Waals surface area (Å²) in [6.07, 6.45) is 5.96. The third-order valence-electron chi connectivity index (χ3n) is 9.59. The Labute approximate surface area is 338 Å². The van der Waals surface area contributed by atoms with Crippen LogP contribution in [0.4, 0.5) is 11.4 Å². The molecule has 12 nitrogen and oxygen atoms in total. The van der Waals surface area contributed by atoms with Gasteiger partial charge >= 0.3 is 0 Å². The average molecular weight is 779 g/mol. The monoisotopic (exact) mass is 778 g/mol. The molecule has 9 rings (SSSR count). The summed E-state index contributed by atoms with van der Waals surface area (Å²) in [6, 6.07) is 49.6. The van der Waals surface area contributed by atoms with Crippen LogP contribution in [0, 0.1) is 0 Å². The molecule has 0 saturated carbocycles. The second-order valence-electron chi connectivity index (χ2n) is 13.5. The van der Waals surface area contributed by atoms with Crippen LogP contribution in [0.25, 0.3) is 44.3 Å². The number of nitrogens with one attached hydrogen (secondary N) is 2. The first kappa shape index (κ1) is 37.8. The molecule has 12 heteroatoms. The highest BCUT2D eigenvalue weighted by molar-refractivity contribution is 5.88. The molecule has 0 fully saturated rings. The number of aromatic nitrogens is 6. The SMILES string of the molecule is O=c1cc(NCc2ccc(-c3ccccc3)cc2)c2cncnc2n1O.O=c1cc(NCc2ccc(-c3ccccc3)cc2)c2cncnc2n1OCc1ccccc1. The number of nitrogens with zero attached hydrogens (tertiary/aromatic N) is 6. The van der Waals surface area contributed by atoms with Gasteiger partial charge in [-0.05, 0) is 38.9 Å². The van der Waals surface area contributed by atoms with Crippen molar-refractivity contribution in [3.63, 3.8) is 0 Å². The molecule has 9 aromatic rings. The molecule has 0 unspecified atom stereocenters. The normalized spacial score (nSPS) is 10.8. The Morgan fingerprint density at radius 3 is 1.47 bits per heavy atom. The van der Waals surface area contributed by atoms with Crippen LogP contribution in [0.1, 0.15) is 16.7 Å². The minimum absolute atomic E-state index is 0.175. The summed E-state index contributed by atoms with van der Waals surface area (Å²) in [5, 5.41) is 17.7. The van der Waals surface area contributed by atoms with Gasteiger partial charge in [0.05, 0.1) is 22.1 Å². The number of hydrogen-bond donors (Lipinski definition) is 3. The largest absolute Gasteiger partial charge is 0.423 e. The average Bonchev–Trinajstić information content (AvgIpc) is 3.30. The first-order chi connectivity index (χ1) is 29.0. The van der Waals surface area contributed by atoms with Crippen molar-refractivity contribution < 1.29 is 10.0 Å². The highest BCUT2D eigenvalue weighted by atomic mass is 16.7. The van der Waals surface area contributed by atoms with Gasteiger partial charge in [-0.15, -0.1) is 9.46 Å². The van der Waals surface area contributed by atoms with E-state index in [-0.39, 0.29) is 17.8 Å². The van der Waals surface area contributed by atoms with E-state index in [1.54, 1.807) is 12.4 Å². The first-order valence-electron chi connectivity index (χ1n) is 18.8. The van der Waals surface area contributed by atoms with E-state index in [1.807, 2.05) is 78.9 Å². The Bertz CT molecular complexity index is 2930. The Kier molecular flexibility index (Phi) is 11.4. The van der Waals surface area contributed by atoms with Gasteiger partial charge < -0.3 is 20.7 Å². The molecule has 59 heavy (non-hydrogen) atoms. The predicted molar refractivity (Wildman–Crippen MR) is 230 cm³/mol. The Balaban J connectivity index is 0.000000169. The minimum atomic E-state index is -0.543. The summed E-state index contributed by atoms with van der Waals surface area (Å²) in [6.45, 7) is 1.36. The molecule has 5 aromatic carbocycles. The van der Waals surface area contributed by atoms with Crippen molar-refractivity contribution >= 4 is 33.4 Å². The predicted octanol–water partition coefficient (Wildman–Crippen LogP) is 8.01. The van der Waals surface area contributed by atoms with Crippen molar-refractivity contribution in [3.05, 3.63) is 214 Å². The van der Waals surface area contributed by atoms with E-state index in [0.29, 0.717) is 45.6 Å². The van der Waals surface area contributed by atoms with Crippen LogP contribution in [-0.2, 0) is 19.7 Å². The molecule has 290 valence electrons. The minimum Gasteiger partial charge on any atom is -0.423 e. The van der Waals surface area contributed by atoms with Gasteiger partial charge in [0.2, 0.25) is 0 Å². The van der Waals surface area contributed by atoms with Gasteiger partial charge in [0.1, 0.15) is 19.3 Å². The third-order valence-corrected chi connectivity index (χ3v) is 9.59. The maximum Gasteiger partial charge on any atom is 0.287 e. The number of hydrogen-bond acceptors (Lipinski definition) is 10. The van der Waals surface area contributed by atoms with E-state index in [0.717, 1.165) is 27.8 Å². The number of rotatable bonds is 11. The van der Waals surface area contributed by atoms with Crippen molar-refractivity contribution in [2.45, 2.75) is 19.7 Å². The van der Waals surface area contributed by atoms with Crippen LogP contribution >= 0.6 is 0 Å². The van der Waals surface area contributed by atoms with E-state index in [2.05, 4.69) is 91.2 Å². The van der Waals surface area contributed by atoms with Crippen LogP contribution in [-0.4, -0.2) is 34.6 Å². The lowest BCUT2D eigenvalue weighted by Crippen LogP contribution is -2.27. The summed E-state index contributed by atoms with van der Waals surface area (Å²) >= 11 is 0. The zero-order chi connectivity index (χ0) is 40.4. The molecule has 0 amide bonds. The lowest BCUT2D eigenvalue weighted by Gasteiger charge is -2.14. The van der Waals surface area contributed by atoms with Gasteiger partial charge in [0.25, 0.3) is 11.1 Å².